The maximum atomic E-state index is 5.42. The van der Waals surface area contributed by atoms with E-state index in [1.165, 1.54) is 12.0 Å². The van der Waals surface area contributed by atoms with E-state index < -0.39 is 0 Å². The molecule has 0 spiro atoms. The topological polar surface area (TPSA) is 0 Å². The smallest absolute Gasteiger partial charge is 0.0314 e. The molecule has 0 bridgehead atoms. The van der Waals surface area contributed by atoms with Gasteiger partial charge in [0.15, 0.2) is 0 Å². The minimum Gasteiger partial charge on any atom is -0.115 e. The van der Waals surface area contributed by atoms with E-state index in [2.05, 4.69) is 31.9 Å². The third-order valence-corrected chi connectivity index (χ3v) is 2.16. The van der Waals surface area contributed by atoms with E-state index in [0.29, 0.717) is 0 Å². The first-order valence-electron chi connectivity index (χ1n) is 5.00. The van der Waals surface area contributed by atoms with Gasteiger partial charge >= 0.3 is 0 Å². The fraction of sp³-hybridized carbons (Fsp3) is 0.286. The molecule has 72 valence electrons. The summed E-state index contributed by atoms with van der Waals surface area (Å²) in [7, 11) is 0. The van der Waals surface area contributed by atoms with Gasteiger partial charge < -0.3 is 0 Å². The van der Waals surface area contributed by atoms with Crippen molar-refractivity contribution >= 4 is 6.08 Å². The predicted molar refractivity (Wildman–Crippen MR) is 62.9 cm³/mol. The van der Waals surface area contributed by atoms with E-state index in [0.717, 1.165) is 17.5 Å². The lowest BCUT2D eigenvalue weighted by molar-refractivity contribution is 0.911. The molecule has 0 fully saturated rings. The standard InChI is InChI=1S/C14H16/c1-4-8-12(3)11-14-10-7-6-9-13(14)5-2/h2,6-7,9-11H,4,8H2,1,3H3/b12-11+. The highest BCUT2D eigenvalue weighted by Crippen LogP contribution is 2.14. The van der Waals surface area contributed by atoms with Crippen molar-refractivity contribution in [1.29, 1.82) is 0 Å². The molecule has 1 aromatic carbocycles. The lowest BCUT2D eigenvalue weighted by atomic mass is 10.0. The van der Waals surface area contributed by atoms with Crippen molar-refractivity contribution in [2.24, 2.45) is 0 Å². The molecule has 0 unspecified atom stereocenters. The second-order valence-electron chi connectivity index (χ2n) is 3.47. The van der Waals surface area contributed by atoms with E-state index in [4.69, 9.17) is 6.42 Å². The largest absolute Gasteiger partial charge is 0.115 e. The molecule has 0 aromatic heterocycles. The Morgan fingerprint density at radius 1 is 1.43 bits per heavy atom. The van der Waals surface area contributed by atoms with Crippen LogP contribution in [0.25, 0.3) is 6.08 Å². The van der Waals surface area contributed by atoms with Crippen LogP contribution in [0.4, 0.5) is 0 Å². The van der Waals surface area contributed by atoms with Crippen LogP contribution in [0.2, 0.25) is 0 Å². The summed E-state index contributed by atoms with van der Waals surface area (Å²) in [4.78, 5) is 0. The van der Waals surface area contributed by atoms with E-state index in [1.807, 2.05) is 18.2 Å². The molecule has 0 N–H and O–H groups in total. The van der Waals surface area contributed by atoms with Gasteiger partial charge in [0, 0.05) is 5.56 Å². The highest BCUT2D eigenvalue weighted by atomic mass is 14.0. The average Bonchev–Trinajstić information content (AvgIpc) is 2.19. The number of hydrogen-bond donors (Lipinski definition) is 0. The monoisotopic (exact) mass is 184 g/mol. The van der Waals surface area contributed by atoms with Crippen LogP contribution in [-0.2, 0) is 0 Å². The highest BCUT2D eigenvalue weighted by molar-refractivity contribution is 5.60. The molecule has 0 amide bonds. The molecular weight excluding hydrogens is 168 g/mol. The van der Waals surface area contributed by atoms with Crippen LogP contribution in [0.5, 0.6) is 0 Å². The molecule has 1 rings (SSSR count). The zero-order valence-electron chi connectivity index (χ0n) is 8.88. The highest BCUT2D eigenvalue weighted by Gasteiger charge is 1.95. The Morgan fingerprint density at radius 2 is 2.14 bits per heavy atom. The average molecular weight is 184 g/mol. The van der Waals surface area contributed by atoms with E-state index in [9.17, 15) is 0 Å². The minimum atomic E-state index is 0.975. The summed E-state index contributed by atoms with van der Waals surface area (Å²) in [5.74, 6) is 2.70. The predicted octanol–water partition coefficient (Wildman–Crippen LogP) is 3.87. The normalized spacial score (nSPS) is 11.1. The van der Waals surface area contributed by atoms with Crippen molar-refractivity contribution in [3.05, 3.63) is 41.0 Å². The lowest BCUT2D eigenvalue weighted by Crippen LogP contribution is -1.82. The number of hydrogen-bond acceptors (Lipinski definition) is 0. The van der Waals surface area contributed by atoms with Crippen LogP contribution in [0.1, 0.15) is 37.8 Å². The molecule has 1 aromatic rings. The summed E-state index contributed by atoms with van der Waals surface area (Å²) < 4.78 is 0. The molecule has 0 heterocycles. The Balaban J connectivity index is 2.97. The van der Waals surface area contributed by atoms with Crippen molar-refractivity contribution in [3.63, 3.8) is 0 Å². The summed E-state index contributed by atoms with van der Waals surface area (Å²) >= 11 is 0. The van der Waals surface area contributed by atoms with Gasteiger partial charge in [-0.25, -0.2) is 0 Å². The van der Waals surface area contributed by atoms with Crippen molar-refractivity contribution in [2.45, 2.75) is 26.7 Å². The van der Waals surface area contributed by atoms with Crippen LogP contribution < -0.4 is 0 Å². The molecule has 0 aliphatic rings. The zero-order chi connectivity index (χ0) is 10.4. The zero-order valence-corrected chi connectivity index (χ0v) is 8.88. The molecule has 0 atom stereocenters. The fourth-order valence-corrected chi connectivity index (χ4v) is 1.49. The van der Waals surface area contributed by atoms with Gasteiger partial charge in [-0.15, -0.1) is 6.42 Å². The SMILES string of the molecule is C#Cc1ccccc1/C=C(\C)CCC. The number of rotatable bonds is 3. The number of allylic oxidation sites excluding steroid dienone is 1. The molecule has 0 radical (unpaired) electrons. The molecule has 0 aliphatic heterocycles. The van der Waals surface area contributed by atoms with Gasteiger partial charge in [0.2, 0.25) is 0 Å². The summed E-state index contributed by atoms with van der Waals surface area (Å²) in [6.07, 6.45) is 9.92. The Morgan fingerprint density at radius 3 is 2.79 bits per heavy atom. The maximum absolute atomic E-state index is 5.42. The third kappa shape index (κ3) is 2.78. The second-order valence-corrected chi connectivity index (χ2v) is 3.47. The van der Waals surface area contributed by atoms with Crippen molar-refractivity contribution in [3.8, 4) is 12.3 Å². The van der Waals surface area contributed by atoms with Gasteiger partial charge in [0.05, 0.1) is 0 Å². The van der Waals surface area contributed by atoms with Gasteiger partial charge in [0.1, 0.15) is 0 Å². The lowest BCUT2D eigenvalue weighted by Gasteiger charge is -2.01. The van der Waals surface area contributed by atoms with E-state index >= 15 is 0 Å². The molecule has 0 nitrogen and oxygen atoms in total. The third-order valence-electron chi connectivity index (χ3n) is 2.16. The van der Waals surface area contributed by atoms with Crippen molar-refractivity contribution < 1.29 is 0 Å². The number of terminal acetylenes is 1. The molecule has 0 aliphatic carbocycles. The Labute approximate surface area is 86.7 Å². The first-order chi connectivity index (χ1) is 6.77. The Bertz CT molecular complexity index is 364. The number of benzene rings is 1. The fourth-order valence-electron chi connectivity index (χ4n) is 1.49. The summed E-state index contributed by atoms with van der Waals surface area (Å²) in [6, 6.07) is 8.03. The van der Waals surface area contributed by atoms with E-state index in [1.54, 1.807) is 0 Å². The van der Waals surface area contributed by atoms with Gasteiger partial charge in [-0.1, -0.05) is 49.1 Å². The molecule has 0 saturated heterocycles. The summed E-state index contributed by atoms with van der Waals surface area (Å²) in [5, 5.41) is 0. The quantitative estimate of drug-likeness (QED) is 0.625. The van der Waals surface area contributed by atoms with Gasteiger partial charge in [-0.3, -0.25) is 0 Å². The van der Waals surface area contributed by atoms with Gasteiger partial charge in [-0.05, 0) is 25.0 Å². The maximum Gasteiger partial charge on any atom is 0.0314 e. The first-order valence-corrected chi connectivity index (χ1v) is 5.00. The molecule has 0 saturated carbocycles. The Kier molecular flexibility index (Phi) is 4.01. The summed E-state index contributed by atoms with van der Waals surface area (Å²) in [6.45, 7) is 4.33. The van der Waals surface area contributed by atoms with Crippen LogP contribution in [-0.4, -0.2) is 0 Å². The Hall–Kier alpha value is -1.48. The van der Waals surface area contributed by atoms with E-state index in [-0.39, 0.29) is 0 Å². The van der Waals surface area contributed by atoms with Crippen LogP contribution in [0.3, 0.4) is 0 Å². The second kappa shape index (κ2) is 5.29. The van der Waals surface area contributed by atoms with Crippen LogP contribution >= 0.6 is 0 Å². The van der Waals surface area contributed by atoms with Crippen molar-refractivity contribution in [1.82, 2.24) is 0 Å². The van der Waals surface area contributed by atoms with Crippen LogP contribution in [0.15, 0.2) is 29.8 Å². The molecule has 14 heavy (non-hydrogen) atoms. The minimum absolute atomic E-state index is 0.975. The van der Waals surface area contributed by atoms with Gasteiger partial charge in [-0.2, -0.15) is 0 Å². The van der Waals surface area contributed by atoms with Crippen molar-refractivity contribution in [2.75, 3.05) is 0 Å². The first kappa shape index (κ1) is 10.6. The van der Waals surface area contributed by atoms with Crippen LogP contribution in [0, 0.1) is 12.3 Å². The molecule has 0 heteroatoms. The summed E-state index contributed by atoms with van der Waals surface area (Å²) in [5.41, 5.74) is 3.51. The molecular formula is C14H16. The van der Waals surface area contributed by atoms with Gasteiger partial charge in [0.25, 0.3) is 0 Å².